The number of aromatic nitrogens is 3. The molecule has 0 saturated carbocycles. The summed E-state index contributed by atoms with van der Waals surface area (Å²) in [5.74, 6) is 0.263. The number of amides is 1. The van der Waals surface area contributed by atoms with Crippen molar-refractivity contribution in [1.29, 1.82) is 0 Å². The number of hydrogen-bond acceptors (Lipinski definition) is 3. The number of hydrogen-bond donors (Lipinski definition) is 1. The van der Waals surface area contributed by atoms with Crippen LogP contribution in [0.3, 0.4) is 0 Å². The molecule has 0 aliphatic carbocycles. The molecule has 150 valence electrons. The number of para-hydroxylation sites is 1. The van der Waals surface area contributed by atoms with Gasteiger partial charge in [0.15, 0.2) is 5.82 Å². The van der Waals surface area contributed by atoms with Crippen LogP contribution in [0.4, 0.5) is 5.69 Å². The Morgan fingerprint density at radius 2 is 1.67 bits per heavy atom. The molecule has 0 saturated heterocycles. The van der Waals surface area contributed by atoms with E-state index < -0.39 is 5.91 Å². The van der Waals surface area contributed by atoms with Crippen LogP contribution in [0.2, 0.25) is 5.02 Å². The molecule has 30 heavy (non-hydrogen) atoms. The monoisotopic (exact) mass is 416 g/mol. The Bertz CT molecular complexity index is 1210. The highest BCUT2D eigenvalue weighted by molar-refractivity contribution is 6.34. The van der Waals surface area contributed by atoms with Gasteiger partial charge in [-0.1, -0.05) is 65.7 Å². The molecule has 4 rings (SSSR count). The van der Waals surface area contributed by atoms with Crippen molar-refractivity contribution in [2.24, 2.45) is 0 Å². The fraction of sp³-hybridized carbons (Fsp3) is 0.125. The predicted molar refractivity (Wildman–Crippen MR) is 120 cm³/mol. The highest BCUT2D eigenvalue weighted by atomic mass is 35.5. The van der Waals surface area contributed by atoms with Crippen molar-refractivity contribution in [3.63, 3.8) is 0 Å². The Kier molecular flexibility index (Phi) is 5.38. The van der Waals surface area contributed by atoms with E-state index >= 15 is 0 Å². The first kappa shape index (κ1) is 19.9. The molecule has 5 nitrogen and oxygen atoms in total. The topological polar surface area (TPSA) is 59.8 Å². The lowest BCUT2D eigenvalue weighted by molar-refractivity contribution is 0.101. The summed E-state index contributed by atoms with van der Waals surface area (Å²) in [7, 11) is 0. The van der Waals surface area contributed by atoms with Gasteiger partial charge in [-0.3, -0.25) is 4.79 Å². The molecule has 0 bridgehead atoms. The number of benzene rings is 3. The minimum absolute atomic E-state index is 0.0754. The maximum Gasteiger partial charge on any atom is 0.295 e. The zero-order valence-electron chi connectivity index (χ0n) is 17.0. The van der Waals surface area contributed by atoms with Crippen LogP contribution in [0.1, 0.15) is 27.3 Å². The van der Waals surface area contributed by atoms with Crippen LogP contribution < -0.4 is 5.32 Å². The molecule has 1 heterocycles. The van der Waals surface area contributed by atoms with E-state index in [9.17, 15) is 4.79 Å². The average molecular weight is 417 g/mol. The van der Waals surface area contributed by atoms with E-state index in [1.54, 1.807) is 10.7 Å². The van der Waals surface area contributed by atoms with Gasteiger partial charge in [0.25, 0.3) is 5.91 Å². The minimum atomic E-state index is -0.411. The molecule has 0 aliphatic heterocycles. The molecule has 1 aromatic heterocycles. The summed E-state index contributed by atoms with van der Waals surface area (Å²) in [6.07, 6.45) is 0. The van der Waals surface area contributed by atoms with Crippen molar-refractivity contribution in [2.75, 3.05) is 5.32 Å². The second-order valence-electron chi connectivity index (χ2n) is 7.26. The minimum Gasteiger partial charge on any atom is -0.318 e. The summed E-state index contributed by atoms with van der Waals surface area (Å²) in [6.45, 7) is 5.93. The molecule has 1 amide bonds. The summed E-state index contributed by atoms with van der Waals surface area (Å²) in [6, 6.07) is 21.4. The predicted octanol–water partition coefficient (Wildman–Crippen LogP) is 5.77. The number of aryl methyl sites for hydroxylation is 3. The Morgan fingerprint density at radius 3 is 2.37 bits per heavy atom. The first-order valence-electron chi connectivity index (χ1n) is 9.60. The van der Waals surface area contributed by atoms with Crippen molar-refractivity contribution >= 4 is 23.2 Å². The zero-order chi connectivity index (χ0) is 21.3. The number of carbonyl (C=O) groups excluding carboxylic acids is 1. The van der Waals surface area contributed by atoms with Gasteiger partial charge < -0.3 is 5.32 Å². The first-order chi connectivity index (χ1) is 14.4. The molecular formula is C24H21ClN4O. The summed E-state index contributed by atoms with van der Waals surface area (Å²) in [5, 5.41) is 7.85. The van der Waals surface area contributed by atoms with E-state index in [-0.39, 0.29) is 5.82 Å². The number of nitrogens with one attached hydrogen (secondary N) is 1. The number of halogens is 1. The second-order valence-corrected chi connectivity index (χ2v) is 7.67. The highest BCUT2D eigenvalue weighted by Gasteiger charge is 2.20. The summed E-state index contributed by atoms with van der Waals surface area (Å²) >= 11 is 6.26. The SMILES string of the molecule is Cc1ccc(-c2nc(C(=O)Nc3c(C)cccc3Cl)nn2-c2cccc(C)c2)cc1. The molecule has 4 aromatic rings. The van der Waals surface area contributed by atoms with Crippen molar-refractivity contribution < 1.29 is 4.79 Å². The van der Waals surface area contributed by atoms with E-state index in [0.717, 1.165) is 27.9 Å². The number of anilines is 1. The molecule has 0 aliphatic rings. The largest absolute Gasteiger partial charge is 0.318 e. The summed E-state index contributed by atoms with van der Waals surface area (Å²) in [4.78, 5) is 17.5. The quantitative estimate of drug-likeness (QED) is 0.459. The molecule has 6 heteroatoms. The third kappa shape index (κ3) is 3.98. The number of carbonyl (C=O) groups is 1. The fourth-order valence-electron chi connectivity index (χ4n) is 3.20. The number of nitrogens with zero attached hydrogens (tertiary/aromatic N) is 3. The van der Waals surface area contributed by atoms with Gasteiger partial charge in [0.2, 0.25) is 5.82 Å². The van der Waals surface area contributed by atoms with E-state index in [4.69, 9.17) is 11.6 Å². The Labute approximate surface area is 180 Å². The fourth-order valence-corrected chi connectivity index (χ4v) is 3.47. The average Bonchev–Trinajstić information content (AvgIpc) is 3.17. The van der Waals surface area contributed by atoms with Gasteiger partial charge in [-0.2, -0.15) is 0 Å². The smallest absolute Gasteiger partial charge is 0.295 e. The Balaban J connectivity index is 1.78. The van der Waals surface area contributed by atoms with E-state index in [1.165, 1.54) is 0 Å². The molecule has 1 N–H and O–H groups in total. The van der Waals surface area contributed by atoms with Crippen molar-refractivity contribution in [3.05, 3.63) is 94.3 Å². The maximum atomic E-state index is 13.0. The maximum absolute atomic E-state index is 13.0. The van der Waals surface area contributed by atoms with Gasteiger partial charge in [-0.05, 0) is 50.1 Å². The molecule has 0 radical (unpaired) electrons. The van der Waals surface area contributed by atoms with Gasteiger partial charge in [0.05, 0.1) is 16.4 Å². The third-order valence-corrected chi connectivity index (χ3v) is 5.14. The molecule has 0 atom stereocenters. The van der Waals surface area contributed by atoms with Crippen LogP contribution >= 0.6 is 11.6 Å². The van der Waals surface area contributed by atoms with Crippen LogP contribution in [0.15, 0.2) is 66.7 Å². The van der Waals surface area contributed by atoms with E-state index in [2.05, 4.69) is 15.4 Å². The third-order valence-electron chi connectivity index (χ3n) is 4.83. The van der Waals surface area contributed by atoms with Crippen LogP contribution in [-0.4, -0.2) is 20.7 Å². The normalized spacial score (nSPS) is 10.8. The lowest BCUT2D eigenvalue weighted by Crippen LogP contribution is -2.15. The summed E-state index contributed by atoms with van der Waals surface area (Å²) in [5.41, 5.74) is 5.39. The zero-order valence-corrected chi connectivity index (χ0v) is 17.7. The van der Waals surface area contributed by atoms with Gasteiger partial charge in [0.1, 0.15) is 0 Å². The Morgan fingerprint density at radius 1 is 0.933 bits per heavy atom. The van der Waals surface area contributed by atoms with Crippen LogP contribution in [0, 0.1) is 20.8 Å². The molecule has 0 fully saturated rings. The standard InChI is InChI=1S/C24H21ClN4O/c1-15-10-12-18(13-11-15)23-27-22(28-29(23)19-8-4-6-16(2)14-19)24(30)26-21-17(3)7-5-9-20(21)25/h4-14H,1-3H3,(H,26,30). The van der Waals surface area contributed by atoms with Gasteiger partial charge >= 0.3 is 0 Å². The van der Waals surface area contributed by atoms with E-state index in [0.29, 0.717) is 16.5 Å². The molecule has 0 spiro atoms. The highest BCUT2D eigenvalue weighted by Crippen LogP contribution is 2.27. The van der Waals surface area contributed by atoms with Gasteiger partial charge in [-0.15, -0.1) is 5.10 Å². The lowest BCUT2D eigenvalue weighted by Gasteiger charge is -2.08. The van der Waals surface area contributed by atoms with Crippen molar-refractivity contribution in [1.82, 2.24) is 14.8 Å². The van der Waals surface area contributed by atoms with Crippen LogP contribution in [-0.2, 0) is 0 Å². The molecule has 3 aromatic carbocycles. The van der Waals surface area contributed by atoms with Crippen LogP contribution in [0.5, 0.6) is 0 Å². The summed E-state index contributed by atoms with van der Waals surface area (Å²) < 4.78 is 1.70. The van der Waals surface area contributed by atoms with E-state index in [1.807, 2.05) is 81.4 Å². The van der Waals surface area contributed by atoms with Crippen molar-refractivity contribution in [2.45, 2.75) is 20.8 Å². The van der Waals surface area contributed by atoms with Crippen molar-refractivity contribution in [3.8, 4) is 17.1 Å². The Hall–Kier alpha value is -3.44. The second kappa shape index (κ2) is 8.13. The molecular weight excluding hydrogens is 396 g/mol. The molecule has 0 unspecified atom stereocenters. The first-order valence-corrected chi connectivity index (χ1v) is 9.98. The van der Waals surface area contributed by atoms with Crippen LogP contribution in [0.25, 0.3) is 17.1 Å². The van der Waals surface area contributed by atoms with Gasteiger partial charge in [-0.25, -0.2) is 9.67 Å². The lowest BCUT2D eigenvalue weighted by atomic mass is 10.1. The van der Waals surface area contributed by atoms with Gasteiger partial charge in [0, 0.05) is 5.56 Å². The number of rotatable bonds is 4.